The highest BCUT2D eigenvalue weighted by molar-refractivity contribution is 4.89. The van der Waals surface area contributed by atoms with E-state index in [-0.39, 0.29) is 0 Å². The van der Waals surface area contributed by atoms with Gasteiger partial charge in [-0.25, -0.2) is 0 Å². The van der Waals surface area contributed by atoms with Crippen molar-refractivity contribution >= 4 is 0 Å². The Kier molecular flexibility index (Phi) is 6.03. The molecule has 0 heterocycles. The molecule has 0 nitrogen and oxygen atoms in total. The molecule has 0 radical (unpaired) electrons. The summed E-state index contributed by atoms with van der Waals surface area (Å²) >= 11 is 0. The predicted molar refractivity (Wildman–Crippen MR) is 51.3 cm³/mol. The summed E-state index contributed by atoms with van der Waals surface area (Å²) < 4.78 is 0. The Balaban J connectivity index is 3.10. The Bertz CT molecular complexity index is 116. The summed E-state index contributed by atoms with van der Waals surface area (Å²) in [7, 11) is 0. The van der Waals surface area contributed by atoms with E-state index in [1.807, 2.05) is 0 Å². The second-order valence-corrected chi connectivity index (χ2v) is 3.75. The minimum absolute atomic E-state index is 0.474. The molecule has 0 aliphatic heterocycles. The molecule has 0 saturated carbocycles. The first-order valence-corrected chi connectivity index (χ1v) is 4.63. The summed E-state index contributed by atoms with van der Waals surface area (Å²) in [4.78, 5) is 0. The van der Waals surface area contributed by atoms with Crippen molar-refractivity contribution in [1.29, 1.82) is 0 Å². The van der Waals surface area contributed by atoms with E-state index in [1.54, 1.807) is 0 Å². The molecule has 1 unspecified atom stereocenters. The van der Waals surface area contributed by atoms with Crippen LogP contribution in [-0.2, 0) is 0 Å². The lowest BCUT2D eigenvalue weighted by Crippen LogP contribution is -1.92. The van der Waals surface area contributed by atoms with Gasteiger partial charge in [-0.05, 0) is 12.3 Å². The molecule has 0 aromatic carbocycles. The molecule has 0 heteroatoms. The molecule has 0 aromatic heterocycles. The van der Waals surface area contributed by atoms with Gasteiger partial charge in [0, 0.05) is 5.92 Å². The summed E-state index contributed by atoms with van der Waals surface area (Å²) in [5, 5.41) is 0. The second kappa shape index (κ2) is 6.28. The molecule has 0 fully saturated rings. The van der Waals surface area contributed by atoms with Crippen LogP contribution in [0.4, 0.5) is 0 Å². The molecular weight excluding hydrogens is 132 g/mol. The van der Waals surface area contributed by atoms with Crippen molar-refractivity contribution in [2.75, 3.05) is 0 Å². The number of rotatable bonds is 5. The van der Waals surface area contributed by atoms with E-state index in [0.717, 1.165) is 5.92 Å². The van der Waals surface area contributed by atoms with Crippen molar-refractivity contribution in [3.8, 4) is 12.3 Å². The molecule has 0 N–H and O–H groups in total. The van der Waals surface area contributed by atoms with Crippen molar-refractivity contribution < 1.29 is 0 Å². The smallest absolute Gasteiger partial charge is 0.0171 e. The Labute approximate surface area is 71.4 Å². The SMILES string of the molecule is C#CC(C)CCCCC(C)C. The molecule has 0 aliphatic carbocycles. The minimum Gasteiger partial charge on any atom is -0.120 e. The van der Waals surface area contributed by atoms with E-state index in [1.165, 1.54) is 25.7 Å². The average Bonchev–Trinajstić information content (AvgIpc) is 1.97. The van der Waals surface area contributed by atoms with E-state index < -0.39 is 0 Å². The Hall–Kier alpha value is -0.440. The van der Waals surface area contributed by atoms with Gasteiger partial charge >= 0.3 is 0 Å². The molecular formula is C11H20. The maximum Gasteiger partial charge on any atom is 0.0171 e. The topological polar surface area (TPSA) is 0 Å². The van der Waals surface area contributed by atoms with Crippen LogP contribution >= 0.6 is 0 Å². The van der Waals surface area contributed by atoms with Gasteiger partial charge in [-0.15, -0.1) is 12.3 Å². The highest BCUT2D eigenvalue weighted by atomic mass is 14.0. The van der Waals surface area contributed by atoms with Crippen molar-refractivity contribution in [2.45, 2.75) is 46.5 Å². The van der Waals surface area contributed by atoms with Gasteiger partial charge in [0.25, 0.3) is 0 Å². The second-order valence-electron chi connectivity index (χ2n) is 3.75. The van der Waals surface area contributed by atoms with Crippen molar-refractivity contribution in [3.05, 3.63) is 0 Å². The standard InChI is InChI=1S/C11H20/c1-5-11(4)9-7-6-8-10(2)3/h1,10-11H,6-9H2,2-4H3. The molecule has 0 amide bonds. The first-order valence-electron chi connectivity index (χ1n) is 4.63. The molecule has 0 aliphatic rings. The maximum atomic E-state index is 5.26. The van der Waals surface area contributed by atoms with Crippen molar-refractivity contribution in [3.63, 3.8) is 0 Å². The normalized spacial score (nSPS) is 13.0. The summed E-state index contributed by atoms with van der Waals surface area (Å²) in [5.41, 5.74) is 0. The lowest BCUT2D eigenvalue weighted by molar-refractivity contribution is 0.506. The number of hydrogen-bond acceptors (Lipinski definition) is 0. The third-order valence-corrected chi connectivity index (χ3v) is 1.95. The highest BCUT2D eigenvalue weighted by Gasteiger charge is 1.97. The largest absolute Gasteiger partial charge is 0.120 e. The molecule has 0 aromatic rings. The molecule has 64 valence electrons. The van der Waals surface area contributed by atoms with Crippen LogP contribution in [-0.4, -0.2) is 0 Å². The van der Waals surface area contributed by atoms with Crippen LogP contribution in [0.2, 0.25) is 0 Å². The van der Waals surface area contributed by atoms with Gasteiger partial charge in [0.2, 0.25) is 0 Å². The van der Waals surface area contributed by atoms with Crippen LogP contribution in [0.1, 0.15) is 46.5 Å². The molecule has 0 spiro atoms. The van der Waals surface area contributed by atoms with Crippen LogP contribution in [0.15, 0.2) is 0 Å². The lowest BCUT2D eigenvalue weighted by Gasteiger charge is -2.05. The molecule has 0 saturated heterocycles. The van der Waals surface area contributed by atoms with Crippen molar-refractivity contribution in [2.24, 2.45) is 11.8 Å². The first-order chi connectivity index (χ1) is 5.16. The molecule has 0 rings (SSSR count). The third kappa shape index (κ3) is 7.46. The Morgan fingerprint density at radius 2 is 1.64 bits per heavy atom. The van der Waals surface area contributed by atoms with E-state index >= 15 is 0 Å². The van der Waals surface area contributed by atoms with Gasteiger partial charge in [0.1, 0.15) is 0 Å². The van der Waals surface area contributed by atoms with Crippen LogP contribution in [0.3, 0.4) is 0 Å². The van der Waals surface area contributed by atoms with E-state index in [0.29, 0.717) is 5.92 Å². The van der Waals surface area contributed by atoms with Crippen LogP contribution < -0.4 is 0 Å². The monoisotopic (exact) mass is 152 g/mol. The van der Waals surface area contributed by atoms with Gasteiger partial charge in [0.05, 0.1) is 0 Å². The zero-order chi connectivity index (χ0) is 8.69. The summed E-state index contributed by atoms with van der Waals surface area (Å²) in [6.07, 6.45) is 10.4. The number of hydrogen-bond donors (Lipinski definition) is 0. The van der Waals surface area contributed by atoms with Crippen LogP contribution in [0, 0.1) is 24.2 Å². The number of terminal acetylenes is 1. The van der Waals surface area contributed by atoms with Crippen LogP contribution in [0.5, 0.6) is 0 Å². The molecule has 11 heavy (non-hydrogen) atoms. The molecule has 0 bridgehead atoms. The summed E-state index contributed by atoms with van der Waals surface area (Å²) in [6.45, 7) is 6.66. The third-order valence-electron chi connectivity index (χ3n) is 1.95. The average molecular weight is 152 g/mol. The zero-order valence-corrected chi connectivity index (χ0v) is 8.06. The maximum absolute atomic E-state index is 5.26. The summed E-state index contributed by atoms with van der Waals surface area (Å²) in [5.74, 6) is 4.07. The Morgan fingerprint density at radius 1 is 1.09 bits per heavy atom. The fourth-order valence-electron chi connectivity index (χ4n) is 1.09. The first kappa shape index (κ1) is 10.6. The van der Waals surface area contributed by atoms with E-state index in [4.69, 9.17) is 6.42 Å². The fourth-order valence-corrected chi connectivity index (χ4v) is 1.09. The molecule has 1 atom stereocenters. The van der Waals surface area contributed by atoms with Crippen molar-refractivity contribution in [1.82, 2.24) is 0 Å². The Morgan fingerprint density at radius 3 is 2.09 bits per heavy atom. The van der Waals surface area contributed by atoms with Crippen LogP contribution in [0.25, 0.3) is 0 Å². The quantitative estimate of drug-likeness (QED) is 0.418. The van der Waals surface area contributed by atoms with E-state index in [9.17, 15) is 0 Å². The van der Waals surface area contributed by atoms with Gasteiger partial charge in [0.15, 0.2) is 0 Å². The van der Waals surface area contributed by atoms with E-state index in [2.05, 4.69) is 26.7 Å². The fraction of sp³-hybridized carbons (Fsp3) is 0.818. The van der Waals surface area contributed by atoms with Gasteiger partial charge in [-0.2, -0.15) is 0 Å². The number of unbranched alkanes of at least 4 members (excludes halogenated alkanes) is 1. The van der Waals surface area contributed by atoms with Gasteiger partial charge < -0.3 is 0 Å². The lowest BCUT2D eigenvalue weighted by atomic mass is 10.0. The minimum atomic E-state index is 0.474. The predicted octanol–water partition coefficient (Wildman–Crippen LogP) is 3.47. The summed E-state index contributed by atoms with van der Waals surface area (Å²) in [6, 6.07) is 0. The zero-order valence-electron chi connectivity index (χ0n) is 8.06. The van der Waals surface area contributed by atoms with Gasteiger partial charge in [-0.1, -0.05) is 40.0 Å². The highest BCUT2D eigenvalue weighted by Crippen LogP contribution is 2.11. The van der Waals surface area contributed by atoms with Gasteiger partial charge in [-0.3, -0.25) is 0 Å².